The number of sulfonamides is 1. The highest BCUT2D eigenvalue weighted by atomic mass is 32.2. The SMILES string of the molecule is Cc1ccc(OCCNC(=O)[C@@H](C)N(c2ccc(C)c(C)c2)S(C)(=O)=O)cc1C. The molecule has 0 unspecified atom stereocenters. The van der Waals surface area contributed by atoms with Crippen molar-refractivity contribution < 1.29 is 17.9 Å². The fraction of sp³-hybridized carbons (Fsp3) is 0.409. The van der Waals surface area contributed by atoms with Crippen LogP contribution in [0, 0.1) is 27.7 Å². The number of hydrogen-bond donors (Lipinski definition) is 1. The second-order valence-corrected chi connectivity index (χ2v) is 9.25. The first-order chi connectivity index (χ1) is 13.5. The molecule has 0 aromatic heterocycles. The average molecular weight is 419 g/mol. The Hall–Kier alpha value is -2.54. The Bertz CT molecular complexity index is 986. The van der Waals surface area contributed by atoms with Gasteiger partial charge in [-0.15, -0.1) is 0 Å². The first-order valence-corrected chi connectivity index (χ1v) is 11.4. The Labute approximate surface area is 173 Å². The molecule has 0 aliphatic carbocycles. The average Bonchev–Trinajstić information content (AvgIpc) is 2.63. The maximum absolute atomic E-state index is 12.6. The van der Waals surface area contributed by atoms with Crippen LogP contribution in [0.4, 0.5) is 5.69 Å². The lowest BCUT2D eigenvalue weighted by Gasteiger charge is -2.28. The number of nitrogens with one attached hydrogen (secondary N) is 1. The maximum atomic E-state index is 12.6. The van der Waals surface area contributed by atoms with Crippen LogP contribution in [-0.2, 0) is 14.8 Å². The summed E-state index contributed by atoms with van der Waals surface area (Å²) >= 11 is 0. The molecule has 1 amide bonds. The molecular weight excluding hydrogens is 388 g/mol. The van der Waals surface area contributed by atoms with Crippen molar-refractivity contribution in [3.05, 3.63) is 58.7 Å². The van der Waals surface area contributed by atoms with E-state index in [9.17, 15) is 13.2 Å². The van der Waals surface area contributed by atoms with Crippen molar-refractivity contribution in [2.45, 2.75) is 40.7 Å². The van der Waals surface area contributed by atoms with E-state index in [4.69, 9.17) is 4.74 Å². The van der Waals surface area contributed by atoms with Crippen LogP contribution in [-0.4, -0.2) is 39.8 Å². The van der Waals surface area contributed by atoms with Crippen molar-refractivity contribution in [1.82, 2.24) is 5.32 Å². The van der Waals surface area contributed by atoms with E-state index in [1.54, 1.807) is 19.1 Å². The fourth-order valence-electron chi connectivity index (χ4n) is 2.97. The predicted molar refractivity (Wildman–Crippen MR) is 117 cm³/mol. The summed E-state index contributed by atoms with van der Waals surface area (Å²) in [6.45, 7) is 10.1. The van der Waals surface area contributed by atoms with Gasteiger partial charge in [-0.25, -0.2) is 8.42 Å². The van der Waals surface area contributed by atoms with E-state index in [1.807, 2.05) is 52.0 Å². The number of anilines is 1. The molecule has 7 heteroatoms. The van der Waals surface area contributed by atoms with Gasteiger partial charge in [-0.05, 0) is 81.1 Å². The van der Waals surface area contributed by atoms with Gasteiger partial charge in [0.15, 0.2) is 0 Å². The molecular formula is C22H30N2O4S. The van der Waals surface area contributed by atoms with E-state index >= 15 is 0 Å². The van der Waals surface area contributed by atoms with Crippen LogP contribution in [0.25, 0.3) is 0 Å². The molecule has 2 aromatic carbocycles. The lowest BCUT2D eigenvalue weighted by atomic mass is 10.1. The normalized spacial score (nSPS) is 12.3. The Kier molecular flexibility index (Phi) is 7.30. The minimum Gasteiger partial charge on any atom is -0.492 e. The van der Waals surface area contributed by atoms with Crippen molar-refractivity contribution in [1.29, 1.82) is 0 Å². The molecule has 29 heavy (non-hydrogen) atoms. The molecule has 0 saturated heterocycles. The Morgan fingerprint density at radius 1 is 1.00 bits per heavy atom. The highest BCUT2D eigenvalue weighted by Gasteiger charge is 2.29. The molecule has 0 spiro atoms. The Morgan fingerprint density at radius 3 is 2.14 bits per heavy atom. The van der Waals surface area contributed by atoms with Gasteiger partial charge in [0.25, 0.3) is 0 Å². The maximum Gasteiger partial charge on any atom is 0.243 e. The lowest BCUT2D eigenvalue weighted by Crippen LogP contribution is -2.48. The van der Waals surface area contributed by atoms with Crippen LogP contribution >= 0.6 is 0 Å². The molecule has 6 nitrogen and oxygen atoms in total. The van der Waals surface area contributed by atoms with Gasteiger partial charge in [0, 0.05) is 0 Å². The van der Waals surface area contributed by atoms with Gasteiger partial charge >= 0.3 is 0 Å². The molecule has 0 bridgehead atoms. The highest BCUT2D eigenvalue weighted by molar-refractivity contribution is 7.92. The van der Waals surface area contributed by atoms with Crippen LogP contribution in [0.2, 0.25) is 0 Å². The second-order valence-electron chi connectivity index (χ2n) is 7.39. The number of carbonyl (C=O) groups is 1. The van der Waals surface area contributed by atoms with Crippen LogP contribution < -0.4 is 14.4 Å². The Morgan fingerprint density at radius 2 is 1.59 bits per heavy atom. The lowest BCUT2D eigenvalue weighted by molar-refractivity contribution is -0.121. The van der Waals surface area contributed by atoms with E-state index in [0.717, 1.165) is 33.0 Å². The molecule has 0 saturated carbocycles. The van der Waals surface area contributed by atoms with Gasteiger partial charge in [-0.2, -0.15) is 0 Å². The van der Waals surface area contributed by atoms with Gasteiger partial charge in [-0.3, -0.25) is 9.10 Å². The van der Waals surface area contributed by atoms with Gasteiger partial charge in [0.1, 0.15) is 18.4 Å². The van der Waals surface area contributed by atoms with Gasteiger partial charge < -0.3 is 10.1 Å². The van der Waals surface area contributed by atoms with Crippen LogP contribution in [0.1, 0.15) is 29.2 Å². The molecule has 2 rings (SSSR count). The van der Waals surface area contributed by atoms with Crippen molar-refractivity contribution in [3.63, 3.8) is 0 Å². The largest absolute Gasteiger partial charge is 0.492 e. The molecule has 0 aliphatic rings. The third-order valence-corrected chi connectivity index (χ3v) is 6.22. The zero-order valence-corrected chi connectivity index (χ0v) is 18.8. The van der Waals surface area contributed by atoms with Crippen LogP contribution in [0.3, 0.4) is 0 Å². The number of aryl methyl sites for hydroxylation is 4. The number of carbonyl (C=O) groups excluding carboxylic acids is 1. The zero-order chi connectivity index (χ0) is 21.8. The molecule has 1 atom stereocenters. The number of ether oxygens (including phenoxy) is 1. The first-order valence-electron chi connectivity index (χ1n) is 9.55. The summed E-state index contributed by atoms with van der Waals surface area (Å²) in [5.74, 6) is 0.362. The molecule has 0 aliphatic heterocycles. The third-order valence-electron chi connectivity index (χ3n) is 4.98. The molecule has 0 fully saturated rings. The minimum absolute atomic E-state index is 0.278. The summed E-state index contributed by atoms with van der Waals surface area (Å²) < 4.78 is 31.6. The number of amides is 1. The van der Waals surface area contributed by atoms with Gasteiger partial charge in [0.05, 0.1) is 18.5 Å². The quantitative estimate of drug-likeness (QED) is 0.668. The fourth-order valence-corrected chi connectivity index (χ4v) is 4.13. The molecule has 158 valence electrons. The highest BCUT2D eigenvalue weighted by Crippen LogP contribution is 2.23. The summed E-state index contributed by atoms with van der Waals surface area (Å²) in [6, 6.07) is 10.3. The Balaban J connectivity index is 2.01. The summed E-state index contributed by atoms with van der Waals surface area (Å²) in [5, 5.41) is 2.76. The summed E-state index contributed by atoms with van der Waals surface area (Å²) in [4.78, 5) is 12.6. The smallest absolute Gasteiger partial charge is 0.243 e. The minimum atomic E-state index is -3.63. The predicted octanol–water partition coefficient (Wildman–Crippen LogP) is 3.27. The number of nitrogens with zero attached hydrogens (tertiary/aromatic N) is 1. The monoisotopic (exact) mass is 418 g/mol. The molecule has 0 heterocycles. The zero-order valence-electron chi connectivity index (χ0n) is 17.9. The van der Waals surface area contributed by atoms with Gasteiger partial charge in [-0.1, -0.05) is 12.1 Å². The van der Waals surface area contributed by atoms with E-state index in [0.29, 0.717) is 12.3 Å². The van der Waals surface area contributed by atoms with Crippen molar-refractivity contribution >= 4 is 21.6 Å². The van der Waals surface area contributed by atoms with Gasteiger partial charge in [0.2, 0.25) is 15.9 Å². The van der Waals surface area contributed by atoms with E-state index in [2.05, 4.69) is 5.32 Å². The summed E-state index contributed by atoms with van der Waals surface area (Å²) in [6.07, 6.45) is 1.11. The number of benzene rings is 2. The number of rotatable bonds is 8. The van der Waals surface area contributed by atoms with Crippen LogP contribution in [0.15, 0.2) is 36.4 Å². The number of hydrogen-bond acceptors (Lipinski definition) is 4. The molecule has 2 aromatic rings. The summed E-state index contributed by atoms with van der Waals surface area (Å²) in [7, 11) is -3.63. The standard InChI is InChI=1S/C22H30N2O4S/c1-15-7-9-20(13-17(15)3)24(29(6,26)27)19(5)22(25)23-11-12-28-21-10-8-16(2)18(4)14-21/h7-10,13-14,19H,11-12H2,1-6H3,(H,23,25)/t19-/m1/s1. The molecule has 0 radical (unpaired) electrons. The van der Waals surface area contributed by atoms with E-state index in [-0.39, 0.29) is 12.5 Å². The first kappa shape index (κ1) is 22.7. The van der Waals surface area contributed by atoms with E-state index < -0.39 is 16.1 Å². The summed E-state index contributed by atoms with van der Waals surface area (Å²) in [5.41, 5.74) is 4.82. The van der Waals surface area contributed by atoms with Crippen molar-refractivity contribution in [3.8, 4) is 5.75 Å². The van der Waals surface area contributed by atoms with Crippen LogP contribution in [0.5, 0.6) is 5.75 Å². The second kappa shape index (κ2) is 9.31. The molecule has 1 N–H and O–H groups in total. The van der Waals surface area contributed by atoms with E-state index in [1.165, 1.54) is 5.56 Å². The third kappa shape index (κ3) is 5.97. The van der Waals surface area contributed by atoms with Crippen molar-refractivity contribution in [2.75, 3.05) is 23.7 Å². The topological polar surface area (TPSA) is 75.7 Å². The van der Waals surface area contributed by atoms with Crippen molar-refractivity contribution in [2.24, 2.45) is 0 Å².